The number of aryl methyl sites for hydroxylation is 1. The summed E-state index contributed by atoms with van der Waals surface area (Å²) in [6, 6.07) is 16.2. The predicted octanol–water partition coefficient (Wildman–Crippen LogP) is 4.61. The molecule has 0 atom stereocenters. The van der Waals surface area contributed by atoms with Crippen LogP contribution in [0.3, 0.4) is 0 Å². The van der Waals surface area contributed by atoms with Gasteiger partial charge < -0.3 is 30.1 Å². The van der Waals surface area contributed by atoms with Crippen molar-refractivity contribution in [2.24, 2.45) is 7.05 Å². The molecule has 0 amide bonds. The average Bonchev–Trinajstić information content (AvgIpc) is 3.40. The third-order valence-electron chi connectivity index (χ3n) is 6.03. The summed E-state index contributed by atoms with van der Waals surface area (Å²) in [6.07, 6.45) is 3.97. The maximum Gasteiger partial charge on any atom is 0.162 e. The normalized spacial score (nSPS) is 11.4. The number of aromatic amines is 1. The number of nitrogens with one attached hydrogen (secondary N) is 2. The first-order valence-corrected chi connectivity index (χ1v) is 10.8. The molecule has 168 valence electrons. The summed E-state index contributed by atoms with van der Waals surface area (Å²) in [7, 11) is 5.34. The standard InChI is InChI=1S/C26H27N5O2/c1-31-15-21(20-11-24(32-2)25(33-3)12-23(20)31)22-10-19-17(8-9-29-26(19)30-22)14-28-13-16-4-6-18(27)7-5-16/h4-12,15,28H,13-14,27H2,1-3H3,(H,29,30). The highest BCUT2D eigenvalue weighted by molar-refractivity contribution is 5.99. The molecule has 0 unspecified atom stereocenters. The van der Waals surface area contributed by atoms with E-state index in [9.17, 15) is 0 Å². The molecule has 5 rings (SSSR count). The zero-order valence-corrected chi connectivity index (χ0v) is 19.0. The molecule has 5 aromatic rings. The fourth-order valence-corrected chi connectivity index (χ4v) is 4.28. The van der Waals surface area contributed by atoms with E-state index >= 15 is 0 Å². The number of rotatable bonds is 7. The number of benzene rings is 2. The van der Waals surface area contributed by atoms with Crippen molar-refractivity contribution in [2.75, 3.05) is 20.0 Å². The summed E-state index contributed by atoms with van der Waals surface area (Å²) in [6.45, 7) is 1.51. The predicted molar refractivity (Wildman–Crippen MR) is 133 cm³/mol. The number of hydrogen-bond donors (Lipinski definition) is 3. The zero-order chi connectivity index (χ0) is 22.9. The lowest BCUT2D eigenvalue weighted by Crippen LogP contribution is -2.12. The SMILES string of the molecule is COc1cc2c(-c3cc4c(CNCc5ccc(N)cc5)ccnc4[nH]3)cn(C)c2cc1OC. The van der Waals surface area contributed by atoms with Crippen LogP contribution in [0.5, 0.6) is 11.5 Å². The van der Waals surface area contributed by atoms with Crippen molar-refractivity contribution in [1.82, 2.24) is 19.9 Å². The van der Waals surface area contributed by atoms with Crippen LogP contribution in [0.25, 0.3) is 33.2 Å². The van der Waals surface area contributed by atoms with Crippen LogP contribution in [0.2, 0.25) is 0 Å². The smallest absolute Gasteiger partial charge is 0.162 e. The lowest BCUT2D eigenvalue weighted by molar-refractivity contribution is 0.355. The van der Waals surface area contributed by atoms with Crippen LogP contribution in [0, 0.1) is 0 Å². The Morgan fingerprint density at radius 2 is 1.73 bits per heavy atom. The number of ether oxygens (including phenoxy) is 2. The van der Waals surface area contributed by atoms with E-state index in [0.29, 0.717) is 11.5 Å². The first-order chi connectivity index (χ1) is 16.1. The van der Waals surface area contributed by atoms with Gasteiger partial charge >= 0.3 is 0 Å². The average molecular weight is 442 g/mol. The van der Waals surface area contributed by atoms with Crippen molar-refractivity contribution in [3.63, 3.8) is 0 Å². The summed E-state index contributed by atoms with van der Waals surface area (Å²) >= 11 is 0. The number of H-pyrrole nitrogens is 1. The van der Waals surface area contributed by atoms with E-state index in [4.69, 9.17) is 15.2 Å². The molecule has 33 heavy (non-hydrogen) atoms. The summed E-state index contributed by atoms with van der Waals surface area (Å²) in [5.41, 5.74) is 13.0. The number of nitrogen functional groups attached to an aromatic ring is 1. The van der Waals surface area contributed by atoms with Crippen molar-refractivity contribution in [3.8, 4) is 22.8 Å². The number of nitrogens with two attached hydrogens (primary N) is 1. The summed E-state index contributed by atoms with van der Waals surface area (Å²) < 4.78 is 13.1. The van der Waals surface area contributed by atoms with Crippen molar-refractivity contribution in [2.45, 2.75) is 13.1 Å². The minimum Gasteiger partial charge on any atom is -0.493 e. The number of hydrogen-bond acceptors (Lipinski definition) is 5. The van der Waals surface area contributed by atoms with Gasteiger partial charge in [-0.15, -0.1) is 0 Å². The molecule has 2 aromatic carbocycles. The zero-order valence-electron chi connectivity index (χ0n) is 19.0. The highest BCUT2D eigenvalue weighted by Crippen LogP contribution is 2.38. The Morgan fingerprint density at radius 3 is 2.48 bits per heavy atom. The summed E-state index contributed by atoms with van der Waals surface area (Å²) in [5.74, 6) is 1.42. The fraction of sp³-hybridized carbons (Fsp3) is 0.192. The van der Waals surface area contributed by atoms with Gasteiger partial charge in [-0.05, 0) is 41.5 Å². The van der Waals surface area contributed by atoms with Crippen LogP contribution in [0.15, 0.2) is 60.9 Å². The largest absolute Gasteiger partial charge is 0.493 e. The van der Waals surface area contributed by atoms with Gasteiger partial charge in [-0.3, -0.25) is 0 Å². The Balaban J connectivity index is 1.47. The monoisotopic (exact) mass is 441 g/mol. The molecule has 0 aliphatic carbocycles. The maximum absolute atomic E-state index is 5.78. The van der Waals surface area contributed by atoms with E-state index < -0.39 is 0 Å². The second kappa shape index (κ2) is 8.52. The second-order valence-corrected chi connectivity index (χ2v) is 8.14. The Bertz CT molecular complexity index is 1430. The van der Waals surface area contributed by atoms with Gasteiger partial charge in [0.25, 0.3) is 0 Å². The molecule has 0 saturated carbocycles. The number of aromatic nitrogens is 3. The highest BCUT2D eigenvalue weighted by atomic mass is 16.5. The fourth-order valence-electron chi connectivity index (χ4n) is 4.28. The number of nitrogens with zero attached hydrogens (tertiary/aromatic N) is 2. The van der Waals surface area contributed by atoms with Gasteiger partial charge in [0.1, 0.15) is 5.65 Å². The number of fused-ring (bicyclic) bond motifs is 2. The number of pyridine rings is 1. The van der Waals surface area contributed by atoms with Gasteiger partial charge in [-0.2, -0.15) is 0 Å². The molecular weight excluding hydrogens is 414 g/mol. The van der Waals surface area contributed by atoms with Crippen molar-refractivity contribution in [1.29, 1.82) is 0 Å². The van der Waals surface area contributed by atoms with Crippen LogP contribution >= 0.6 is 0 Å². The van der Waals surface area contributed by atoms with E-state index in [2.05, 4.69) is 38.2 Å². The van der Waals surface area contributed by atoms with Gasteiger partial charge in [0.2, 0.25) is 0 Å². The lowest BCUT2D eigenvalue weighted by atomic mass is 10.1. The Kier molecular flexibility index (Phi) is 5.40. The van der Waals surface area contributed by atoms with Gasteiger partial charge in [-0.1, -0.05) is 12.1 Å². The van der Waals surface area contributed by atoms with E-state index in [-0.39, 0.29) is 0 Å². The maximum atomic E-state index is 5.78. The van der Waals surface area contributed by atoms with E-state index in [0.717, 1.165) is 52.0 Å². The molecule has 4 N–H and O–H groups in total. The molecule has 0 saturated heterocycles. The van der Waals surface area contributed by atoms with Crippen LogP contribution in [-0.4, -0.2) is 28.8 Å². The van der Waals surface area contributed by atoms with Crippen molar-refractivity contribution in [3.05, 3.63) is 72.1 Å². The Labute approximate surface area is 192 Å². The highest BCUT2D eigenvalue weighted by Gasteiger charge is 2.16. The molecule has 0 aliphatic rings. The summed E-state index contributed by atoms with van der Waals surface area (Å²) in [5, 5.41) is 5.72. The molecule has 0 fully saturated rings. The van der Waals surface area contributed by atoms with Crippen molar-refractivity contribution < 1.29 is 9.47 Å². The summed E-state index contributed by atoms with van der Waals surface area (Å²) in [4.78, 5) is 8.06. The molecule has 0 bridgehead atoms. The van der Waals surface area contributed by atoms with Gasteiger partial charge in [0.15, 0.2) is 11.5 Å². The topological polar surface area (TPSA) is 90.1 Å². The number of anilines is 1. The van der Waals surface area contributed by atoms with Crippen LogP contribution in [-0.2, 0) is 20.1 Å². The second-order valence-electron chi connectivity index (χ2n) is 8.14. The van der Waals surface area contributed by atoms with Gasteiger partial charge in [-0.25, -0.2) is 4.98 Å². The molecule has 0 radical (unpaired) electrons. The Hall–Kier alpha value is -3.97. The van der Waals surface area contributed by atoms with Crippen LogP contribution < -0.4 is 20.5 Å². The molecule has 0 spiro atoms. The molecule has 3 heterocycles. The molecule has 3 aromatic heterocycles. The molecule has 7 heteroatoms. The van der Waals surface area contributed by atoms with Crippen molar-refractivity contribution >= 4 is 27.6 Å². The van der Waals surface area contributed by atoms with E-state index in [1.807, 2.05) is 49.6 Å². The van der Waals surface area contributed by atoms with Crippen LogP contribution in [0.1, 0.15) is 11.1 Å². The molecule has 0 aliphatic heterocycles. The van der Waals surface area contributed by atoms with Gasteiger partial charge in [0.05, 0.1) is 19.7 Å². The minimum atomic E-state index is 0.708. The minimum absolute atomic E-state index is 0.708. The first kappa shape index (κ1) is 20.9. The van der Waals surface area contributed by atoms with Crippen LogP contribution in [0.4, 0.5) is 5.69 Å². The third-order valence-corrected chi connectivity index (χ3v) is 6.03. The Morgan fingerprint density at radius 1 is 0.970 bits per heavy atom. The third kappa shape index (κ3) is 3.87. The quantitative estimate of drug-likeness (QED) is 0.321. The van der Waals surface area contributed by atoms with E-state index in [1.165, 1.54) is 11.1 Å². The van der Waals surface area contributed by atoms with E-state index in [1.54, 1.807) is 14.2 Å². The lowest BCUT2D eigenvalue weighted by Gasteiger charge is -2.08. The molecular formula is C26H27N5O2. The molecule has 7 nitrogen and oxygen atoms in total. The number of methoxy groups -OCH3 is 2. The first-order valence-electron chi connectivity index (χ1n) is 10.8. The van der Waals surface area contributed by atoms with Gasteiger partial charge in [0, 0.05) is 66.3 Å².